The molecule has 1 aromatic rings. The Morgan fingerprint density at radius 2 is 2.10 bits per heavy atom. The lowest BCUT2D eigenvalue weighted by atomic mass is 9.96. The maximum atomic E-state index is 11.7. The zero-order valence-corrected chi connectivity index (χ0v) is 11.5. The molecule has 0 aromatic heterocycles. The highest BCUT2D eigenvalue weighted by molar-refractivity contribution is 5.74. The molecule has 0 atom stereocenters. The van der Waals surface area contributed by atoms with E-state index < -0.39 is 0 Å². The molecule has 1 fully saturated rings. The third-order valence-electron chi connectivity index (χ3n) is 3.50. The summed E-state index contributed by atoms with van der Waals surface area (Å²) in [6.07, 6.45) is 3.11. The van der Waals surface area contributed by atoms with Crippen molar-refractivity contribution in [1.82, 2.24) is 0 Å². The number of aliphatic imine (C=N–C) groups is 1. The average Bonchev–Trinajstić information content (AvgIpc) is 2.49. The highest BCUT2D eigenvalue weighted by atomic mass is 16.5. The fourth-order valence-corrected chi connectivity index (χ4v) is 2.49. The molecular weight excluding hydrogens is 256 g/mol. The van der Waals surface area contributed by atoms with Crippen molar-refractivity contribution in [2.45, 2.75) is 19.8 Å². The van der Waals surface area contributed by atoms with Gasteiger partial charge in [-0.25, -0.2) is 4.79 Å². The molecule has 0 radical (unpaired) electrons. The highest BCUT2D eigenvalue weighted by Crippen LogP contribution is 2.31. The van der Waals surface area contributed by atoms with E-state index in [1.807, 2.05) is 25.1 Å². The Labute approximate surface area is 118 Å². The summed E-state index contributed by atoms with van der Waals surface area (Å²) >= 11 is 0. The summed E-state index contributed by atoms with van der Waals surface area (Å²) in [7, 11) is 0. The van der Waals surface area contributed by atoms with Crippen LogP contribution in [0, 0.1) is 5.92 Å². The topological polar surface area (TPSA) is 59.0 Å². The Bertz CT molecular complexity index is 516. The van der Waals surface area contributed by atoms with Crippen molar-refractivity contribution in [3.63, 3.8) is 0 Å². The molecule has 0 bridgehead atoms. The first kappa shape index (κ1) is 14.3. The molecular formula is C15H18N2O3. The van der Waals surface area contributed by atoms with Crippen LogP contribution in [0.15, 0.2) is 29.3 Å². The number of rotatable bonds is 4. The molecule has 20 heavy (non-hydrogen) atoms. The maximum Gasteiger partial charge on any atom is 0.309 e. The van der Waals surface area contributed by atoms with Crippen molar-refractivity contribution in [3.05, 3.63) is 24.3 Å². The summed E-state index contributed by atoms with van der Waals surface area (Å²) in [5, 5.41) is 0. The van der Waals surface area contributed by atoms with E-state index in [0.29, 0.717) is 12.3 Å². The Morgan fingerprint density at radius 1 is 1.40 bits per heavy atom. The lowest BCUT2D eigenvalue weighted by molar-refractivity contribution is -0.148. The fourth-order valence-electron chi connectivity index (χ4n) is 2.49. The molecule has 0 saturated carbocycles. The van der Waals surface area contributed by atoms with E-state index in [2.05, 4.69) is 9.89 Å². The van der Waals surface area contributed by atoms with Crippen LogP contribution < -0.4 is 4.90 Å². The number of ether oxygens (including phenoxy) is 1. The van der Waals surface area contributed by atoms with Gasteiger partial charge in [0.15, 0.2) is 0 Å². The molecule has 1 aliphatic heterocycles. The van der Waals surface area contributed by atoms with Crippen molar-refractivity contribution >= 4 is 23.4 Å². The number of benzene rings is 1. The third kappa shape index (κ3) is 3.25. The summed E-state index contributed by atoms with van der Waals surface area (Å²) in [6, 6.07) is 7.47. The van der Waals surface area contributed by atoms with Crippen LogP contribution in [-0.2, 0) is 14.3 Å². The Balaban J connectivity index is 2.04. The monoisotopic (exact) mass is 274 g/mol. The van der Waals surface area contributed by atoms with Gasteiger partial charge in [0.1, 0.15) is 0 Å². The van der Waals surface area contributed by atoms with Gasteiger partial charge in [-0.1, -0.05) is 12.1 Å². The zero-order valence-electron chi connectivity index (χ0n) is 11.5. The second kappa shape index (κ2) is 6.87. The molecule has 2 rings (SSSR count). The van der Waals surface area contributed by atoms with Gasteiger partial charge in [0.05, 0.1) is 23.9 Å². The van der Waals surface area contributed by atoms with Gasteiger partial charge in [-0.15, -0.1) is 0 Å². The van der Waals surface area contributed by atoms with Crippen LogP contribution in [0.25, 0.3) is 0 Å². The maximum absolute atomic E-state index is 11.7. The normalized spacial score (nSPS) is 15.6. The van der Waals surface area contributed by atoms with Crippen LogP contribution in [0.1, 0.15) is 19.8 Å². The van der Waals surface area contributed by atoms with Crippen LogP contribution >= 0.6 is 0 Å². The van der Waals surface area contributed by atoms with Gasteiger partial charge >= 0.3 is 5.97 Å². The molecule has 106 valence electrons. The number of carbonyl (C=O) groups is 1. The van der Waals surface area contributed by atoms with Gasteiger partial charge in [0.25, 0.3) is 0 Å². The van der Waals surface area contributed by atoms with Gasteiger partial charge in [-0.2, -0.15) is 4.99 Å². The molecule has 1 aromatic carbocycles. The Hall–Kier alpha value is -2.13. The van der Waals surface area contributed by atoms with Crippen molar-refractivity contribution in [2.75, 3.05) is 24.6 Å². The molecule has 0 aliphatic carbocycles. The second-order valence-corrected chi connectivity index (χ2v) is 4.71. The lowest BCUT2D eigenvalue weighted by Crippen LogP contribution is -2.37. The number of piperidine rings is 1. The molecule has 1 heterocycles. The summed E-state index contributed by atoms with van der Waals surface area (Å²) in [4.78, 5) is 28.0. The molecule has 0 unspecified atom stereocenters. The van der Waals surface area contributed by atoms with Gasteiger partial charge in [-0.3, -0.25) is 4.79 Å². The number of anilines is 1. The number of hydrogen-bond acceptors (Lipinski definition) is 5. The van der Waals surface area contributed by atoms with Crippen molar-refractivity contribution in [1.29, 1.82) is 0 Å². The first-order chi connectivity index (χ1) is 9.76. The minimum atomic E-state index is -0.105. The fraction of sp³-hybridized carbons (Fsp3) is 0.467. The molecule has 5 heteroatoms. The zero-order chi connectivity index (χ0) is 14.4. The first-order valence-corrected chi connectivity index (χ1v) is 6.84. The van der Waals surface area contributed by atoms with E-state index in [9.17, 15) is 9.59 Å². The largest absolute Gasteiger partial charge is 0.466 e. The molecule has 1 saturated heterocycles. The van der Waals surface area contributed by atoms with Crippen LogP contribution in [-0.4, -0.2) is 31.7 Å². The van der Waals surface area contributed by atoms with E-state index >= 15 is 0 Å². The summed E-state index contributed by atoms with van der Waals surface area (Å²) < 4.78 is 5.06. The van der Waals surface area contributed by atoms with Crippen LogP contribution in [0.5, 0.6) is 0 Å². The van der Waals surface area contributed by atoms with E-state index in [1.54, 1.807) is 12.1 Å². The second-order valence-electron chi connectivity index (χ2n) is 4.71. The SMILES string of the molecule is CCOC(=O)C1CCN(c2ccccc2N=C=O)CC1. The minimum absolute atomic E-state index is 0.0204. The first-order valence-electron chi connectivity index (χ1n) is 6.84. The molecule has 0 N–H and O–H groups in total. The highest BCUT2D eigenvalue weighted by Gasteiger charge is 2.26. The van der Waals surface area contributed by atoms with E-state index in [1.165, 1.54) is 0 Å². The van der Waals surface area contributed by atoms with Gasteiger partial charge in [0, 0.05) is 13.1 Å². The van der Waals surface area contributed by atoms with Gasteiger partial charge in [-0.05, 0) is 31.9 Å². The van der Waals surface area contributed by atoms with Crippen molar-refractivity contribution in [3.8, 4) is 0 Å². The lowest BCUT2D eigenvalue weighted by Gasteiger charge is -2.33. The molecule has 0 spiro atoms. The van der Waals surface area contributed by atoms with Crippen LogP contribution in [0.4, 0.5) is 11.4 Å². The number of carbonyl (C=O) groups excluding carboxylic acids is 2. The number of hydrogen-bond donors (Lipinski definition) is 0. The number of nitrogens with zero attached hydrogens (tertiary/aromatic N) is 2. The Morgan fingerprint density at radius 3 is 2.75 bits per heavy atom. The summed E-state index contributed by atoms with van der Waals surface area (Å²) in [6.45, 7) is 3.76. The summed E-state index contributed by atoms with van der Waals surface area (Å²) in [5.74, 6) is -0.126. The van der Waals surface area contributed by atoms with E-state index in [4.69, 9.17) is 4.74 Å². The number of esters is 1. The van der Waals surface area contributed by atoms with Crippen molar-refractivity contribution in [2.24, 2.45) is 10.9 Å². The Kier molecular flexibility index (Phi) is 4.91. The predicted octanol–water partition coefficient (Wildman–Crippen LogP) is 2.43. The van der Waals surface area contributed by atoms with Crippen LogP contribution in [0.2, 0.25) is 0 Å². The van der Waals surface area contributed by atoms with Crippen LogP contribution in [0.3, 0.4) is 0 Å². The smallest absolute Gasteiger partial charge is 0.309 e. The van der Waals surface area contributed by atoms with Crippen molar-refractivity contribution < 1.29 is 14.3 Å². The average molecular weight is 274 g/mol. The van der Waals surface area contributed by atoms with E-state index in [0.717, 1.165) is 31.6 Å². The molecule has 5 nitrogen and oxygen atoms in total. The molecule has 0 amide bonds. The summed E-state index contributed by atoms with van der Waals surface area (Å²) in [5.41, 5.74) is 1.54. The number of para-hydroxylation sites is 2. The van der Waals surface area contributed by atoms with E-state index in [-0.39, 0.29) is 11.9 Å². The number of isocyanates is 1. The quantitative estimate of drug-likeness (QED) is 0.480. The standard InChI is InChI=1S/C15H18N2O3/c1-2-20-15(19)12-7-9-17(10-8-12)14-6-4-3-5-13(14)16-11-18/h3-6,12H,2,7-10H2,1H3. The third-order valence-corrected chi connectivity index (χ3v) is 3.50. The molecule has 1 aliphatic rings. The minimum Gasteiger partial charge on any atom is -0.466 e. The predicted molar refractivity (Wildman–Crippen MR) is 75.8 cm³/mol. The van der Waals surface area contributed by atoms with Gasteiger partial charge < -0.3 is 9.64 Å². The van der Waals surface area contributed by atoms with Gasteiger partial charge in [0.2, 0.25) is 6.08 Å².